The fraction of sp³-hybridized carbons (Fsp3) is 0.692. The molecule has 0 bridgehead atoms. The molecule has 0 spiro atoms. The molecule has 18 heavy (non-hydrogen) atoms. The number of hydrogen-bond acceptors (Lipinski definition) is 5. The number of likely N-dealkylation sites (N-methyl/N-ethyl adjacent to an activating group) is 1. The van der Waals surface area contributed by atoms with Crippen molar-refractivity contribution >= 4 is 11.6 Å². The molecule has 1 rings (SSSR count). The molecule has 0 atom stereocenters. The fourth-order valence-corrected chi connectivity index (χ4v) is 1.83. The number of aryl methyl sites for hydroxylation is 1. The van der Waals surface area contributed by atoms with Gasteiger partial charge in [-0.2, -0.15) is 0 Å². The van der Waals surface area contributed by atoms with Crippen molar-refractivity contribution in [3.63, 3.8) is 0 Å². The smallest absolute Gasteiger partial charge is 0.137 e. The Balaban J connectivity index is 3.03. The minimum absolute atomic E-state index is 0.692. The van der Waals surface area contributed by atoms with Crippen molar-refractivity contribution in [1.82, 2.24) is 9.97 Å². The summed E-state index contributed by atoms with van der Waals surface area (Å²) in [6, 6.07) is 0. The number of nitrogens with zero attached hydrogens (tertiary/aromatic N) is 3. The number of nitrogens with one attached hydrogen (secondary N) is 1. The summed E-state index contributed by atoms with van der Waals surface area (Å²) in [4.78, 5) is 11.3. The number of aromatic nitrogens is 2. The van der Waals surface area contributed by atoms with E-state index in [1.54, 1.807) is 7.11 Å². The highest BCUT2D eigenvalue weighted by Crippen LogP contribution is 2.22. The van der Waals surface area contributed by atoms with E-state index in [4.69, 9.17) is 4.74 Å². The molecule has 0 amide bonds. The second kappa shape index (κ2) is 7.16. The van der Waals surface area contributed by atoms with Crippen LogP contribution >= 0.6 is 0 Å². The second-order valence-corrected chi connectivity index (χ2v) is 4.35. The fourth-order valence-electron chi connectivity index (χ4n) is 1.83. The van der Waals surface area contributed by atoms with Crippen LogP contribution in [-0.4, -0.2) is 44.3 Å². The first-order chi connectivity index (χ1) is 8.63. The van der Waals surface area contributed by atoms with Gasteiger partial charge in [0.05, 0.1) is 6.61 Å². The maximum Gasteiger partial charge on any atom is 0.137 e. The van der Waals surface area contributed by atoms with Crippen molar-refractivity contribution in [1.29, 1.82) is 0 Å². The topological polar surface area (TPSA) is 50.3 Å². The Labute approximate surface area is 110 Å². The minimum atomic E-state index is 0.692. The van der Waals surface area contributed by atoms with Gasteiger partial charge in [0.25, 0.3) is 0 Å². The minimum Gasteiger partial charge on any atom is -0.383 e. The van der Waals surface area contributed by atoms with Crippen molar-refractivity contribution in [2.24, 2.45) is 0 Å². The first-order valence-corrected chi connectivity index (χ1v) is 6.39. The average molecular weight is 252 g/mol. The predicted molar refractivity (Wildman–Crippen MR) is 75.5 cm³/mol. The lowest BCUT2D eigenvalue weighted by Gasteiger charge is -2.21. The zero-order valence-corrected chi connectivity index (χ0v) is 12.1. The largest absolute Gasteiger partial charge is 0.383 e. The second-order valence-electron chi connectivity index (χ2n) is 4.35. The Hall–Kier alpha value is -1.36. The lowest BCUT2D eigenvalue weighted by molar-refractivity contribution is 0.206. The summed E-state index contributed by atoms with van der Waals surface area (Å²) in [6.45, 7) is 5.69. The van der Waals surface area contributed by atoms with Crippen molar-refractivity contribution in [2.45, 2.75) is 26.7 Å². The Morgan fingerprint density at radius 2 is 2.06 bits per heavy atom. The van der Waals surface area contributed by atoms with E-state index in [1.807, 2.05) is 21.0 Å². The van der Waals surface area contributed by atoms with Gasteiger partial charge in [-0.05, 0) is 13.3 Å². The summed E-state index contributed by atoms with van der Waals surface area (Å²) < 4.78 is 5.11. The molecule has 0 aliphatic rings. The summed E-state index contributed by atoms with van der Waals surface area (Å²) >= 11 is 0. The van der Waals surface area contributed by atoms with Crippen LogP contribution in [0.1, 0.15) is 24.7 Å². The predicted octanol–water partition coefficient (Wildman–Crippen LogP) is 1.86. The van der Waals surface area contributed by atoms with Gasteiger partial charge < -0.3 is 15.0 Å². The third kappa shape index (κ3) is 3.57. The monoisotopic (exact) mass is 252 g/mol. The van der Waals surface area contributed by atoms with Gasteiger partial charge in [-0.25, -0.2) is 9.97 Å². The molecule has 0 aliphatic heterocycles. The molecular weight excluding hydrogens is 228 g/mol. The van der Waals surface area contributed by atoms with E-state index in [9.17, 15) is 0 Å². The van der Waals surface area contributed by atoms with E-state index < -0.39 is 0 Å². The molecule has 0 unspecified atom stereocenters. The van der Waals surface area contributed by atoms with Crippen molar-refractivity contribution in [3.8, 4) is 0 Å². The Bertz CT molecular complexity index is 381. The maximum absolute atomic E-state index is 5.11. The SMILES string of the molecule is CCCc1nc(NC)c(C)c(N(C)CCOC)n1. The Morgan fingerprint density at radius 1 is 1.33 bits per heavy atom. The van der Waals surface area contributed by atoms with E-state index >= 15 is 0 Å². The van der Waals surface area contributed by atoms with Crippen LogP contribution in [0.4, 0.5) is 11.6 Å². The first kappa shape index (κ1) is 14.7. The highest BCUT2D eigenvalue weighted by molar-refractivity contribution is 5.58. The van der Waals surface area contributed by atoms with E-state index in [-0.39, 0.29) is 0 Å². The zero-order chi connectivity index (χ0) is 13.5. The van der Waals surface area contributed by atoms with Crippen LogP contribution in [0.3, 0.4) is 0 Å². The summed E-state index contributed by atoms with van der Waals surface area (Å²) in [5, 5.41) is 3.14. The molecule has 0 saturated heterocycles. The number of methoxy groups -OCH3 is 1. The normalized spacial score (nSPS) is 10.5. The standard InChI is InChI=1S/C13H24N4O/c1-6-7-11-15-12(14-3)10(2)13(16-11)17(4)8-9-18-5/h6-9H2,1-5H3,(H,14,15,16). The third-order valence-corrected chi connectivity index (χ3v) is 2.87. The van der Waals surface area contributed by atoms with E-state index in [2.05, 4.69) is 27.1 Å². The van der Waals surface area contributed by atoms with Crippen molar-refractivity contribution in [2.75, 3.05) is 44.6 Å². The summed E-state index contributed by atoms with van der Waals surface area (Å²) in [5.74, 6) is 2.79. The molecule has 102 valence electrons. The molecular formula is C13H24N4O. The Morgan fingerprint density at radius 3 is 2.61 bits per heavy atom. The Kier molecular flexibility index (Phi) is 5.85. The van der Waals surface area contributed by atoms with Crippen molar-refractivity contribution < 1.29 is 4.74 Å². The van der Waals surface area contributed by atoms with Crippen LogP contribution in [-0.2, 0) is 11.2 Å². The first-order valence-electron chi connectivity index (χ1n) is 6.39. The van der Waals surface area contributed by atoms with E-state index in [0.29, 0.717) is 6.61 Å². The molecule has 0 aliphatic carbocycles. The lowest BCUT2D eigenvalue weighted by atomic mass is 10.2. The summed E-state index contributed by atoms with van der Waals surface area (Å²) in [7, 11) is 5.63. The van der Waals surface area contributed by atoms with E-state index in [0.717, 1.165) is 42.4 Å². The molecule has 1 heterocycles. The zero-order valence-electron chi connectivity index (χ0n) is 12.1. The summed E-state index contributed by atoms with van der Waals surface area (Å²) in [6.07, 6.45) is 1.95. The molecule has 0 radical (unpaired) electrons. The van der Waals surface area contributed by atoms with Crippen LogP contribution in [0.2, 0.25) is 0 Å². The quantitative estimate of drug-likeness (QED) is 0.802. The molecule has 5 heteroatoms. The number of anilines is 2. The van der Waals surface area contributed by atoms with Gasteiger partial charge in [0.2, 0.25) is 0 Å². The number of ether oxygens (including phenoxy) is 1. The number of rotatable bonds is 7. The molecule has 0 fully saturated rings. The number of hydrogen-bond donors (Lipinski definition) is 1. The van der Waals surface area contributed by atoms with Crippen LogP contribution in [0, 0.1) is 6.92 Å². The van der Waals surface area contributed by atoms with Gasteiger partial charge in [0.1, 0.15) is 17.5 Å². The molecule has 1 N–H and O–H groups in total. The van der Waals surface area contributed by atoms with Gasteiger partial charge in [-0.15, -0.1) is 0 Å². The van der Waals surface area contributed by atoms with Gasteiger partial charge in [-0.1, -0.05) is 6.92 Å². The van der Waals surface area contributed by atoms with Crippen LogP contribution in [0.15, 0.2) is 0 Å². The van der Waals surface area contributed by atoms with Crippen molar-refractivity contribution in [3.05, 3.63) is 11.4 Å². The molecule has 5 nitrogen and oxygen atoms in total. The van der Waals surface area contributed by atoms with Crippen LogP contribution in [0.5, 0.6) is 0 Å². The highest BCUT2D eigenvalue weighted by atomic mass is 16.5. The molecule has 1 aromatic heterocycles. The van der Waals surface area contributed by atoms with E-state index in [1.165, 1.54) is 0 Å². The van der Waals surface area contributed by atoms with Crippen LogP contribution in [0.25, 0.3) is 0 Å². The van der Waals surface area contributed by atoms with Gasteiger partial charge in [0.15, 0.2) is 0 Å². The summed E-state index contributed by atoms with van der Waals surface area (Å²) in [5.41, 5.74) is 1.08. The molecule has 0 saturated carbocycles. The maximum atomic E-state index is 5.11. The van der Waals surface area contributed by atoms with Gasteiger partial charge >= 0.3 is 0 Å². The lowest BCUT2D eigenvalue weighted by Crippen LogP contribution is -2.25. The van der Waals surface area contributed by atoms with Crippen LogP contribution < -0.4 is 10.2 Å². The highest BCUT2D eigenvalue weighted by Gasteiger charge is 2.13. The van der Waals surface area contributed by atoms with Gasteiger partial charge in [-0.3, -0.25) is 0 Å². The van der Waals surface area contributed by atoms with Gasteiger partial charge in [0, 0.05) is 39.7 Å². The average Bonchev–Trinajstić information content (AvgIpc) is 2.38. The molecule has 0 aromatic carbocycles. The third-order valence-electron chi connectivity index (χ3n) is 2.87. The molecule has 1 aromatic rings.